The zero-order valence-electron chi connectivity index (χ0n) is 17.0. The van der Waals surface area contributed by atoms with Gasteiger partial charge in [0.1, 0.15) is 6.04 Å². The lowest BCUT2D eigenvalue weighted by Gasteiger charge is -2.23. The summed E-state index contributed by atoms with van der Waals surface area (Å²) in [5.74, 6) is -3.40. The number of aromatic nitrogens is 2. The fraction of sp³-hybridized carbons (Fsp3) is 0.174. The number of halogens is 3. The molecule has 1 heterocycles. The van der Waals surface area contributed by atoms with Crippen LogP contribution in [0.4, 0.5) is 13.2 Å². The number of amides is 1. The Morgan fingerprint density at radius 3 is 2.22 bits per heavy atom. The van der Waals surface area contributed by atoms with Crippen molar-refractivity contribution in [1.29, 1.82) is 0 Å². The van der Waals surface area contributed by atoms with E-state index in [0.717, 1.165) is 16.4 Å². The molecule has 2 aromatic carbocycles. The van der Waals surface area contributed by atoms with Crippen molar-refractivity contribution >= 4 is 18.0 Å². The molecule has 0 aliphatic rings. The molecular weight excluding hydrogens is 423 g/mol. The smallest absolute Gasteiger partial charge is 0.435 e. The Bertz CT molecular complexity index is 1110. The number of carboxylic acids is 1. The maximum absolute atomic E-state index is 13.3. The van der Waals surface area contributed by atoms with Crippen LogP contribution in [0.25, 0.3) is 6.08 Å². The number of aliphatic carboxylic acids is 1. The van der Waals surface area contributed by atoms with Crippen molar-refractivity contribution in [3.8, 4) is 0 Å². The van der Waals surface area contributed by atoms with Crippen molar-refractivity contribution in [3.05, 3.63) is 95.3 Å². The topological polar surface area (TPSA) is 84.2 Å². The molecule has 3 aromatic rings. The van der Waals surface area contributed by atoms with Gasteiger partial charge in [0.05, 0.1) is 5.56 Å². The molecule has 0 aliphatic carbocycles. The van der Waals surface area contributed by atoms with Crippen LogP contribution in [0, 0.1) is 0 Å². The second-order valence-corrected chi connectivity index (χ2v) is 7.06. The highest BCUT2D eigenvalue weighted by molar-refractivity contribution is 5.97. The lowest BCUT2D eigenvalue weighted by atomic mass is 9.90. The van der Waals surface area contributed by atoms with E-state index in [1.165, 1.54) is 7.05 Å². The molecule has 32 heavy (non-hydrogen) atoms. The van der Waals surface area contributed by atoms with E-state index in [0.29, 0.717) is 5.56 Å². The number of benzene rings is 2. The summed E-state index contributed by atoms with van der Waals surface area (Å²) in [7, 11) is 1.25. The van der Waals surface area contributed by atoms with Crippen molar-refractivity contribution in [2.45, 2.75) is 18.1 Å². The van der Waals surface area contributed by atoms with E-state index >= 15 is 0 Å². The molecule has 0 fully saturated rings. The van der Waals surface area contributed by atoms with Crippen LogP contribution in [0.5, 0.6) is 0 Å². The molecule has 2 unspecified atom stereocenters. The molecule has 166 valence electrons. The van der Waals surface area contributed by atoms with Gasteiger partial charge in [0.2, 0.25) is 0 Å². The van der Waals surface area contributed by atoms with Crippen LogP contribution in [0.3, 0.4) is 0 Å². The van der Waals surface area contributed by atoms with Gasteiger partial charge in [0.15, 0.2) is 5.69 Å². The van der Waals surface area contributed by atoms with Gasteiger partial charge in [-0.3, -0.25) is 9.48 Å². The normalized spacial score (nSPS) is 13.6. The summed E-state index contributed by atoms with van der Waals surface area (Å²) in [6, 6.07) is 16.1. The summed E-state index contributed by atoms with van der Waals surface area (Å²) in [6.45, 7) is 0. The molecule has 1 aromatic heterocycles. The van der Waals surface area contributed by atoms with Gasteiger partial charge in [-0.2, -0.15) is 18.3 Å². The van der Waals surface area contributed by atoms with Crippen LogP contribution in [0.2, 0.25) is 0 Å². The minimum atomic E-state index is -4.86. The molecule has 6 nitrogen and oxygen atoms in total. The highest BCUT2D eigenvalue weighted by Gasteiger charge is 2.40. The van der Waals surface area contributed by atoms with E-state index < -0.39 is 41.3 Å². The number of alkyl halides is 3. The molecule has 2 atom stereocenters. The average molecular weight is 443 g/mol. The molecule has 0 saturated heterocycles. The molecule has 0 radical (unpaired) electrons. The Labute approximate surface area is 182 Å². The number of hydrogen-bond donors (Lipinski definition) is 2. The van der Waals surface area contributed by atoms with Gasteiger partial charge >= 0.3 is 12.1 Å². The summed E-state index contributed by atoms with van der Waals surface area (Å²) in [6.07, 6.45) is -0.643. The zero-order chi connectivity index (χ0) is 23.3. The Hall–Kier alpha value is -3.88. The molecule has 0 bridgehead atoms. The number of carbonyl (C=O) groups excluding carboxylic acids is 1. The SMILES string of the molecule is Cn1cc(C(=O)NC(C(=O)O)C(C=Cc2ccccc2)c2ccccc2)c(C(F)(F)F)n1. The number of hydrogen-bond acceptors (Lipinski definition) is 3. The van der Waals surface area contributed by atoms with Crippen molar-refractivity contribution in [2.75, 3.05) is 0 Å². The lowest BCUT2D eigenvalue weighted by molar-refractivity contribution is -0.141. The predicted molar refractivity (Wildman–Crippen MR) is 112 cm³/mol. The number of aryl methyl sites for hydroxylation is 1. The van der Waals surface area contributed by atoms with Crippen molar-refractivity contribution in [2.24, 2.45) is 7.05 Å². The fourth-order valence-corrected chi connectivity index (χ4v) is 3.26. The third-order valence-corrected chi connectivity index (χ3v) is 4.73. The minimum absolute atomic E-state index is 0.578. The van der Waals surface area contributed by atoms with Gasteiger partial charge in [0.25, 0.3) is 5.91 Å². The van der Waals surface area contributed by atoms with E-state index in [9.17, 15) is 27.9 Å². The highest BCUT2D eigenvalue weighted by Crippen LogP contribution is 2.31. The number of carboxylic acid groups (broad SMARTS) is 1. The van der Waals surface area contributed by atoms with Crippen LogP contribution in [-0.4, -0.2) is 32.8 Å². The molecule has 0 saturated carbocycles. The van der Waals surface area contributed by atoms with Crippen LogP contribution in [-0.2, 0) is 18.0 Å². The predicted octanol–water partition coefficient (Wildman–Crippen LogP) is 4.12. The van der Waals surface area contributed by atoms with Crippen molar-refractivity contribution < 1.29 is 27.9 Å². The maximum Gasteiger partial charge on any atom is 0.435 e. The van der Waals surface area contributed by atoms with Crippen LogP contribution >= 0.6 is 0 Å². The number of nitrogens with one attached hydrogen (secondary N) is 1. The molecule has 0 aliphatic heterocycles. The quantitative estimate of drug-likeness (QED) is 0.576. The Balaban J connectivity index is 1.97. The summed E-state index contributed by atoms with van der Waals surface area (Å²) in [5, 5.41) is 15.4. The largest absolute Gasteiger partial charge is 0.480 e. The van der Waals surface area contributed by atoms with E-state index in [-0.39, 0.29) is 0 Å². The Kier molecular flexibility index (Phi) is 6.77. The van der Waals surface area contributed by atoms with Crippen molar-refractivity contribution in [1.82, 2.24) is 15.1 Å². The van der Waals surface area contributed by atoms with Crippen LogP contribution < -0.4 is 5.32 Å². The molecule has 2 N–H and O–H groups in total. The second kappa shape index (κ2) is 9.51. The number of rotatable bonds is 7. The average Bonchev–Trinajstić information content (AvgIpc) is 3.17. The number of nitrogens with zero attached hydrogens (tertiary/aromatic N) is 2. The summed E-state index contributed by atoms with van der Waals surface area (Å²) in [4.78, 5) is 24.8. The first-order valence-corrected chi connectivity index (χ1v) is 9.59. The Morgan fingerprint density at radius 1 is 1.06 bits per heavy atom. The summed E-state index contributed by atoms with van der Waals surface area (Å²) < 4.78 is 40.7. The van der Waals surface area contributed by atoms with Crippen molar-refractivity contribution in [3.63, 3.8) is 0 Å². The third-order valence-electron chi connectivity index (χ3n) is 4.73. The molecular formula is C23H20F3N3O3. The minimum Gasteiger partial charge on any atom is -0.480 e. The van der Waals surface area contributed by atoms with Crippen LogP contribution in [0.1, 0.15) is 33.1 Å². The van der Waals surface area contributed by atoms with Crippen LogP contribution in [0.15, 0.2) is 72.9 Å². The molecule has 1 amide bonds. The Morgan fingerprint density at radius 2 is 1.66 bits per heavy atom. The molecule has 9 heteroatoms. The maximum atomic E-state index is 13.3. The fourth-order valence-electron chi connectivity index (χ4n) is 3.26. The van der Waals surface area contributed by atoms with Gasteiger partial charge in [0, 0.05) is 19.2 Å². The van der Waals surface area contributed by atoms with Gasteiger partial charge in [-0.05, 0) is 11.1 Å². The third kappa shape index (κ3) is 5.42. The summed E-state index contributed by atoms with van der Waals surface area (Å²) in [5.41, 5.74) is -0.743. The molecule has 0 spiro atoms. The first-order chi connectivity index (χ1) is 15.2. The molecule has 3 rings (SSSR count). The van der Waals surface area contributed by atoms with Gasteiger partial charge < -0.3 is 10.4 Å². The first kappa shape index (κ1) is 22.8. The van der Waals surface area contributed by atoms with E-state index in [1.807, 2.05) is 30.3 Å². The van der Waals surface area contributed by atoms with Gasteiger partial charge in [-0.15, -0.1) is 0 Å². The first-order valence-electron chi connectivity index (χ1n) is 9.59. The second-order valence-electron chi connectivity index (χ2n) is 7.06. The summed E-state index contributed by atoms with van der Waals surface area (Å²) >= 11 is 0. The van der Waals surface area contributed by atoms with E-state index in [1.54, 1.807) is 42.5 Å². The number of carbonyl (C=O) groups is 2. The highest BCUT2D eigenvalue weighted by atomic mass is 19.4. The standard InChI is InChI=1S/C23H20F3N3O3/c1-29-14-18(20(28-29)23(24,25)26)21(30)27-19(22(31)32)17(16-10-6-3-7-11-16)13-12-15-8-4-2-5-9-15/h2-14,17,19H,1H3,(H,27,30)(H,31,32). The van der Waals surface area contributed by atoms with Gasteiger partial charge in [-0.25, -0.2) is 4.79 Å². The van der Waals surface area contributed by atoms with E-state index in [2.05, 4.69) is 10.4 Å². The lowest BCUT2D eigenvalue weighted by Crippen LogP contribution is -2.44. The van der Waals surface area contributed by atoms with Gasteiger partial charge in [-0.1, -0.05) is 72.8 Å². The monoisotopic (exact) mass is 443 g/mol. The van der Waals surface area contributed by atoms with E-state index in [4.69, 9.17) is 0 Å². The zero-order valence-corrected chi connectivity index (χ0v) is 17.0.